The van der Waals surface area contributed by atoms with Crippen molar-refractivity contribution in [1.82, 2.24) is 10.2 Å². The first-order valence-electron chi connectivity index (χ1n) is 9.40. The van der Waals surface area contributed by atoms with E-state index in [0.29, 0.717) is 28.9 Å². The monoisotopic (exact) mass is 444 g/mol. The number of anilines is 2. The molecule has 30 heavy (non-hydrogen) atoms. The van der Waals surface area contributed by atoms with E-state index in [-0.39, 0.29) is 17.4 Å². The summed E-state index contributed by atoms with van der Waals surface area (Å²) >= 11 is 1.20. The topological polar surface area (TPSA) is 105 Å². The summed E-state index contributed by atoms with van der Waals surface area (Å²) in [5.41, 5.74) is 3.27. The van der Waals surface area contributed by atoms with Gasteiger partial charge in [-0.15, -0.1) is 10.2 Å². The van der Waals surface area contributed by atoms with Crippen molar-refractivity contribution in [2.24, 2.45) is 0 Å². The predicted molar refractivity (Wildman–Crippen MR) is 116 cm³/mol. The van der Waals surface area contributed by atoms with Crippen molar-refractivity contribution in [3.8, 4) is 11.5 Å². The molecule has 4 rings (SSSR count). The fraction of sp³-hybridized carbons (Fsp3) is 0.250. The molecule has 1 amide bonds. The summed E-state index contributed by atoms with van der Waals surface area (Å²) < 4.78 is 31.4. The Labute approximate surface area is 178 Å². The molecule has 0 fully saturated rings. The molecular formula is C20H20N4O4S2. The molecule has 1 N–H and O–H groups in total. The normalized spacial score (nSPS) is 13.3. The van der Waals surface area contributed by atoms with Crippen LogP contribution < -0.4 is 9.62 Å². The number of carbonyl (C=O) groups is 1. The molecule has 156 valence electrons. The summed E-state index contributed by atoms with van der Waals surface area (Å²) in [6, 6.07) is 14.6. The van der Waals surface area contributed by atoms with Crippen LogP contribution in [0.3, 0.4) is 0 Å². The molecule has 8 nitrogen and oxygen atoms in total. The van der Waals surface area contributed by atoms with Gasteiger partial charge in [-0.05, 0) is 49.2 Å². The second kappa shape index (κ2) is 8.49. The molecule has 1 aliphatic heterocycles. The maximum atomic E-state index is 12.6. The molecule has 1 aromatic heterocycles. The number of thioether (sulfide) groups is 1. The van der Waals surface area contributed by atoms with E-state index in [4.69, 9.17) is 4.42 Å². The summed E-state index contributed by atoms with van der Waals surface area (Å²) in [5.74, 6) is 0.507. The van der Waals surface area contributed by atoms with Gasteiger partial charge in [0.2, 0.25) is 21.8 Å². The van der Waals surface area contributed by atoms with E-state index < -0.39 is 10.0 Å². The highest BCUT2D eigenvalue weighted by atomic mass is 32.2. The van der Waals surface area contributed by atoms with Gasteiger partial charge in [0.1, 0.15) is 0 Å². The SMILES string of the molecule is CCS(=O)(=O)Nc1ccc(-c2nnc(SCC(=O)N3CCc4ccccc43)o2)cc1. The van der Waals surface area contributed by atoms with Crippen LogP contribution in [-0.2, 0) is 21.2 Å². The number of amides is 1. The third kappa shape index (κ3) is 4.49. The number of nitrogens with zero attached hydrogens (tertiary/aromatic N) is 3. The number of aromatic nitrogens is 2. The summed E-state index contributed by atoms with van der Waals surface area (Å²) in [5, 5.41) is 8.32. The number of sulfonamides is 1. The highest BCUT2D eigenvalue weighted by Crippen LogP contribution is 2.29. The zero-order chi connectivity index (χ0) is 21.1. The van der Waals surface area contributed by atoms with Gasteiger partial charge in [-0.25, -0.2) is 8.42 Å². The van der Waals surface area contributed by atoms with Gasteiger partial charge in [0.05, 0.1) is 11.5 Å². The molecule has 10 heteroatoms. The van der Waals surface area contributed by atoms with Gasteiger partial charge in [0.25, 0.3) is 5.22 Å². The Hall–Kier alpha value is -2.85. The van der Waals surface area contributed by atoms with Gasteiger partial charge in [0, 0.05) is 23.5 Å². The van der Waals surface area contributed by atoms with Crippen molar-refractivity contribution >= 4 is 39.1 Å². The van der Waals surface area contributed by atoms with Gasteiger partial charge in [0.15, 0.2) is 0 Å². The lowest BCUT2D eigenvalue weighted by Gasteiger charge is -2.16. The maximum absolute atomic E-state index is 12.6. The van der Waals surface area contributed by atoms with Crippen molar-refractivity contribution in [3.05, 3.63) is 54.1 Å². The van der Waals surface area contributed by atoms with Crippen LogP contribution in [0.4, 0.5) is 11.4 Å². The molecule has 0 saturated heterocycles. The van der Waals surface area contributed by atoms with Crippen LogP contribution in [0.5, 0.6) is 0 Å². The predicted octanol–water partition coefficient (Wildman–Crippen LogP) is 3.18. The first kappa shape index (κ1) is 20.4. The molecular weight excluding hydrogens is 424 g/mol. The van der Waals surface area contributed by atoms with Crippen molar-refractivity contribution in [1.29, 1.82) is 0 Å². The highest BCUT2D eigenvalue weighted by Gasteiger charge is 2.24. The molecule has 0 atom stereocenters. The van der Waals surface area contributed by atoms with Crippen molar-refractivity contribution in [3.63, 3.8) is 0 Å². The molecule has 1 aliphatic rings. The minimum Gasteiger partial charge on any atom is -0.411 e. The van der Waals surface area contributed by atoms with Crippen LogP contribution in [0.2, 0.25) is 0 Å². The van der Waals surface area contributed by atoms with Crippen LogP contribution in [0.25, 0.3) is 11.5 Å². The van der Waals surface area contributed by atoms with Crippen LogP contribution >= 0.6 is 11.8 Å². The smallest absolute Gasteiger partial charge is 0.277 e. The van der Waals surface area contributed by atoms with E-state index in [1.807, 2.05) is 24.3 Å². The third-order valence-electron chi connectivity index (χ3n) is 4.70. The molecule has 0 bridgehead atoms. The van der Waals surface area contributed by atoms with Gasteiger partial charge in [-0.3, -0.25) is 9.52 Å². The van der Waals surface area contributed by atoms with E-state index >= 15 is 0 Å². The minimum atomic E-state index is -3.33. The standard InChI is InChI=1S/C20H20N4O4S2/c1-2-30(26,27)23-16-9-7-15(8-10-16)19-21-22-20(28-19)29-13-18(25)24-12-11-14-5-3-4-6-17(14)24/h3-10,23H,2,11-13H2,1H3. The molecule has 2 aromatic carbocycles. The van der Waals surface area contributed by atoms with E-state index in [1.165, 1.54) is 17.3 Å². The van der Waals surface area contributed by atoms with E-state index in [1.54, 1.807) is 36.1 Å². The Morgan fingerprint density at radius 1 is 1.17 bits per heavy atom. The Morgan fingerprint density at radius 2 is 1.93 bits per heavy atom. The van der Waals surface area contributed by atoms with E-state index in [0.717, 1.165) is 12.1 Å². The van der Waals surface area contributed by atoms with Gasteiger partial charge in [-0.2, -0.15) is 0 Å². The fourth-order valence-electron chi connectivity index (χ4n) is 3.12. The molecule has 3 aromatic rings. The number of carbonyl (C=O) groups excluding carboxylic acids is 1. The van der Waals surface area contributed by atoms with Crippen molar-refractivity contribution < 1.29 is 17.6 Å². The number of hydrogen-bond acceptors (Lipinski definition) is 7. The van der Waals surface area contributed by atoms with Crippen LogP contribution in [0.15, 0.2) is 58.2 Å². The number of nitrogens with one attached hydrogen (secondary N) is 1. The number of para-hydroxylation sites is 1. The Balaban J connectivity index is 1.37. The number of benzene rings is 2. The molecule has 0 spiro atoms. The maximum Gasteiger partial charge on any atom is 0.277 e. The second-order valence-electron chi connectivity index (χ2n) is 6.67. The van der Waals surface area contributed by atoms with E-state index in [9.17, 15) is 13.2 Å². The largest absolute Gasteiger partial charge is 0.411 e. The molecule has 2 heterocycles. The summed E-state index contributed by atoms with van der Waals surface area (Å²) in [6.45, 7) is 2.25. The van der Waals surface area contributed by atoms with Crippen LogP contribution in [-0.4, -0.2) is 42.6 Å². The Kier molecular flexibility index (Phi) is 5.78. The molecule has 0 radical (unpaired) electrons. The second-order valence-corrected chi connectivity index (χ2v) is 9.61. The summed E-state index contributed by atoms with van der Waals surface area (Å²) in [7, 11) is -3.33. The lowest BCUT2D eigenvalue weighted by molar-refractivity contribution is -0.116. The minimum absolute atomic E-state index is 0.000722. The molecule has 0 saturated carbocycles. The van der Waals surface area contributed by atoms with Gasteiger partial charge in [-0.1, -0.05) is 30.0 Å². The summed E-state index contributed by atoms with van der Waals surface area (Å²) in [4.78, 5) is 14.4. The zero-order valence-electron chi connectivity index (χ0n) is 16.2. The van der Waals surface area contributed by atoms with Crippen LogP contribution in [0.1, 0.15) is 12.5 Å². The highest BCUT2D eigenvalue weighted by molar-refractivity contribution is 7.99. The number of rotatable bonds is 7. The zero-order valence-corrected chi connectivity index (χ0v) is 17.9. The number of fused-ring (bicyclic) bond motifs is 1. The number of hydrogen-bond donors (Lipinski definition) is 1. The van der Waals surface area contributed by atoms with Crippen molar-refractivity contribution in [2.45, 2.75) is 18.6 Å². The average molecular weight is 445 g/mol. The van der Waals surface area contributed by atoms with Gasteiger partial charge < -0.3 is 9.32 Å². The molecule has 0 aliphatic carbocycles. The Morgan fingerprint density at radius 3 is 2.70 bits per heavy atom. The fourth-order valence-corrected chi connectivity index (χ4v) is 4.39. The third-order valence-corrected chi connectivity index (χ3v) is 6.81. The lowest BCUT2D eigenvalue weighted by Crippen LogP contribution is -2.30. The first-order valence-corrected chi connectivity index (χ1v) is 12.0. The van der Waals surface area contributed by atoms with E-state index in [2.05, 4.69) is 14.9 Å². The van der Waals surface area contributed by atoms with Crippen LogP contribution in [0, 0.1) is 0 Å². The lowest BCUT2D eigenvalue weighted by atomic mass is 10.2. The average Bonchev–Trinajstić information content (AvgIpc) is 3.40. The first-order chi connectivity index (χ1) is 14.4. The quantitative estimate of drug-likeness (QED) is 0.558. The Bertz CT molecular complexity index is 1160. The van der Waals surface area contributed by atoms with Crippen molar-refractivity contribution in [2.75, 3.05) is 27.7 Å². The summed E-state index contributed by atoms with van der Waals surface area (Å²) in [6.07, 6.45) is 0.863. The van der Waals surface area contributed by atoms with Gasteiger partial charge >= 0.3 is 0 Å². The molecule has 0 unspecified atom stereocenters.